The Kier molecular flexibility index (Phi) is 4.04. The zero-order valence-corrected chi connectivity index (χ0v) is 12.1. The number of anilines is 2. The number of benzene rings is 2. The van der Waals surface area contributed by atoms with Crippen LogP contribution >= 0.6 is 15.9 Å². The molecule has 104 valence electrons. The molecule has 0 fully saturated rings. The van der Waals surface area contributed by atoms with E-state index in [-0.39, 0.29) is 5.69 Å². The molecule has 0 aliphatic heterocycles. The Labute approximate surface area is 122 Å². The molecule has 0 aliphatic carbocycles. The van der Waals surface area contributed by atoms with E-state index in [1.807, 2.05) is 6.92 Å². The van der Waals surface area contributed by atoms with E-state index in [0.29, 0.717) is 5.69 Å². The summed E-state index contributed by atoms with van der Waals surface area (Å²) in [7, 11) is 0. The van der Waals surface area contributed by atoms with Gasteiger partial charge in [0.15, 0.2) is 5.82 Å². The molecule has 0 saturated carbocycles. The van der Waals surface area contributed by atoms with E-state index in [2.05, 4.69) is 21.2 Å². The molecule has 3 N–H and O–H groups in total. The highest BCUT2D eigenvalue weighted by Gasteiger charge is 2.19. The summed E-state index contributed by atoms with van der Waals surface area (Å²) in [6, 6.07) is 7.09. The number of halogens is 3. The standard InChI is InChI=1S/C14H11BrF2N2O/c1-7-2-3-8(6-9(7)15)19-14(20)12-10(16)4-5-11(18)13(12)17/h2-6H,18H2,1H3,(H,19,20). The highest BCUT2D eigenvalue weighted by atomic mass is 79.9. The molecular weight excluding hydrogens is 330 g/mol. The largest absolute Gasteiger partial charge is 0.396 e. The first kappa shape index (κ1) is 14.5. The number of nitrogen functional groups attached to an aromatic ring is 1. The van der Waals surface area contributed by atoms with E-state index in [4.69, 9.17) is 5.73 Å². The molecule has 0 spiro atoms. The lowest BCUT2D eigenvalue weighted by molar-refractivity contribution is 0.101. The summed E-state index contributed by atoms with van der Waals surface area (Å²) >= 11 is 3.31. The van der Waals surface area contributed by atoms with Gasteiger partial charge in [0, 0.05) is 10.2 Å². The Bertz CT molecular complexity index is 689. The van der Waals surface area contributed by atoms with Crippen molar-refractivity contribution in [1.82, 2.24) is 0 Å². The quantitative estimate of drug-likeness (QED) is 0.815. The lowest BCUT2D eigenvalue weighted by Crippen LogP contribution is -2.16. The van der Waals surface area contributed by atoms with Gasteiger partial charge in [0.2, 0.25) is 0 Å². The summed E-state index contributed by atoms with van der Waals surface area (Å²) in [5, 5.41) is 2.43. The number of carbonyl (C=O) groups is 1. The molecule has 0 bridgehead atoms. The zero-order chi connectivity index (χ0) is 14.9. The molecule has 2 aromatic rings. The van der Waals surface area contributed by atoms with Crippen molar-refractivity contribution >= 4 is 33.2 Å². The van der Waals surface area contributed by atoms with Crippen LogP contribution in [0.2, 0.25) is 0 Å². The monoisotopic (exact) mass is 340 g/mol. The highest BCUT2D eigenvalue weighted by molar-refractivity contribution is 9.10. The van der Waals surface area contributed by atoms with Crippen molar-refractivity contribution in [2.75, 3.05) is 11.1 Å². The van der Waals surface area contributed by atoms with Crippen molar-refractivity contribution in [3.63, 3.8) is 0 Å². The number of aryl methyl sites for hydroxylation is 1. The van der Waals surface area contributed by atoms with E-state index in [9.17, 15) is 13.6 Å². The third-order valence-corrected chi connectivity index (χ3v) is 3.63. The van der Waals surface area contributed by atoms with Gasteiger partial charge in [-0.3, -0.25) is 4.79 Å². The van der Waals surface area contributed by atoms with Crippen LogP contribution in [0.1, 0.15) is 15.9 Å². The number of nitrogens with one attached hydrogen (secondary N) is 1. The molecule has 0 radical (unpaired) electrons. The molecule has 0 heterocycles. The fourth-order valence-electron chi connectivity index (χ4n) is 1.64. The SMILES string of the molecule is Cc1ccc(NC(=O)c2c(F)ccc(N)c2F)cc1Br. The molecule has 20 heavy (non-hydrogen) atoms. The summed E-state index contributed by atoms with van der Waals surface area (Å²) in [6.07, 6.45) is 0. The van der Waals surface area contributed by atoms with Crippen LogP contribution in [-0.2, 0) is 0 Å². The van der Waals surface area contributed by atoms with E-state index in [0.717, 1.165) is 22.2 Å². The van der Waals surface area contributed by atoms with Crippen LogP contribution in [0, 0.1) is 18.6 Å². The third-order valence-electron chi connectivity index (χ3n) is 2.78. The van der Waals surface area contributed by atoms with Crippen LogP contribution in [-0.4, -0.2) is 5.91 Å². The van der Waals surface area contributed by atoms with Gasteiger partial charge in [-0.05, 0) is 36.8 Å². The van der Waals surface area contributed by atoms with Gasteiger partial charge in [-0.1, -0.05) is 22.0 Å². The van der Waals surface area contributed by atoms with Crippen molar-refractivity contribution < 1.29 is 13.6 Å². The fourth-order valence-corrected chi connectivity index (χ4v) is 2.02. The summed E-state index contributed by atoms with van der Waals surface area (Å²) in [4.78, 5) is 11.9. The highest BCUT2D eigenvalue weighted by Crippen LogP contribution is 2.23. The van der Waals surface area contributed by atoms with E-state index in [1.54, 1.807) is 18.2 Å². The smallest absolute Gasteiger partial charge is 0.261 e. The van der Waals surface area contributed by atoms with Gasteiger partial charge in [-0.15, -0.1) is 0 Å². The van der Waals surface area contributed by atoms with E-state index in [1.165, 1.54) is 0 Å². The summed E-state index contributed by atoms with van der Waals surface area (Å²) < 4.78 is 28.1. The number of rotatable bonds is 2. The van der Waals surface area contributed by atoms with Gasteiger partial charge >= 0.3 is 0 Å². The normalized spacial score (nSPS) is 10.4. The van der Waals surface area contributed by atoms with Crippen molar-refractivity contribution in [2.45, 2.75) is 6.92 Å². The van der Waals surface area contributed by atoms with Crippen LogP contribution in [0.5, 0.6) is 0 Å². The average molecular weight is 341 g/mol. The molecular formula is C14H11BrF2N2O. The van der Waals surface area contributed by atoms with Gasteiger partial charge < -0.3 is 11.1 Å². The van der Waals surface area contributed by atoms with Crippen LogP contribution < -0.4 is 11.1 Å². The molecule has 0 atom stereocenters. The predicted molar refractivity (Wildman–Crippen MR) is 77.6 cm³/mol. The summed E-state index contributed by atoms with van der Waals surface area (Å²) in [5.41, 5.74) is 5.77. The number of hydrogen-bond acceptors (Lipinski definition) is 2. The Balaban J connectivity index is 2.33. The van der Waals surface area contributed by atoms with Crippen LogP contribution in [0.15, 0.2) is 34.8 Å². The van der Waals surface area contributed by atoms with Crippen LogP contribution in [0.25, 0.3) is 0 Å². The van der Waals surface area contributed by atoms with Crippen molar-refractivity contribution in [2.24, 2.45) is 0 Å². The number of nitrogens with two attached hydrogens (primary N) is 1. The predicted octanol–water partition coefficient (Wildman–Crippen LogP) is 3.87. The van der Waals surface area contributed by atoms with Crippen molar-refractivity contribution in [3.8, 4) is 0 Å². The Hall–Kier alpha value is -1.95. The number of amides is 1. The molecule has 0 unspecified atom stereocenters. The average Bonchev–Trinajstić information content (AvgIpc) is 2.39. The maximum Gasteiger partial charge on any atom is 0.261 e. The van der Waals surface area contributed by atoms with E-state index < -0.39 is 23.1 Å². The first-order valence-corrected chi connectivity index (χ1v) is 6.50. The lowest BCUT2D eigenvalue weighted by Gasteiger charge is -2.09. The van der Waals surface area contributed by atoms with Crippen molar-refractivity contribution in [3.05, 3.63) is 57.6 Å². The first-order valence-electron chi connectivity index (χ1n) is 5.71. The van der Waals surface area contributed by atoms with Crippen LogP contribution in [0.4, 0.5) is 20.2 Å². The van der Waals surface area contributed by atoms with Gasteiger partial charge in [-0.2, -0.15) is 0 Å². The zero-order valence-electron chi connectivity index (χ0n) is 10.5. The summed E-state index contributed by atoms with van der Waals surface area (Å²) in [6.45, 7) is 1.88. The second kappa shape index (κ2) is 5.58. The molecule has 0 aliphatic rings. The molecule has 1 amide bonds. The minimum Gasteiger partial charge on any atom is -0.396 e. The Morgan fingerprint density at radius 1 is 1.25 bits per heavy atom. The minimum absolute atomic E-state index is 0.276. The maximum absolute atomic E-state index is 13.7. The first-order chi connectivity index (χ1) is 9.40. The van der Waals surface area contributed by atoms with Crippen molar-refractivity contribution in [1.29, 1.82) is 0 Å². The number of carbonyl (C=O) groups excluding carboxylic acids is 1. The summed E-state index contributed by atoms with van der Waals surface area (Å²) in [5.74, 6) is -2.91. The molecule has 0 aromatic heterocycles. The third kappa shape index (κ3) is 2.80. The fraction of sp³-hybridized carbons (Fsp3) is 0.0714. The second-order valence-corrected chi connectivity index (χ2v) is 5.10. The van der Waals surface area contributed by atoms with Crippen LogP contribution in [0.3, 0.4) is 0 Å². The van der Waals surface area contributed by atoms with Gasteiger partial charge in [-0.25, -0.2) is 8.78 Å². The molecule has 6 heteroatoms. The molecule has 2 rings (SSSR count). The van der Waals surface area contributed by atoms with E-state index >= 15 is 0 Å². The Morgan fingerprint density at radius 3 is 2.60 bits per heavy atom. The van der Waals surface area contributed by atoms with Gasteiger partial charge in [0.05, 0.1) is 5.69 Å². The maximum atomic E-state index is 13.7. The minimum atomic E-state index is -1.06. The molecule has 0 saturated heterocycles. The van der Waals surface area contributed by atoms with Gasteiger partial charge in [0.1, 0.15) is 11.4 Å². The molecule has 2 aromatic carbocycles. The lowest BCUT2D eigenvalue weighted by atomic mass is 10.1. The topological polar surface area (TPSA) is 55.1 Å². The van der Waals surface area contributed by atoms with Gasteiger partial charge in [0.25, 0.3) is 5.91 Å². The second-order valence-electron chi connectivity index (χ2n) is 4.24. The Morgan fingerprint density at radius 2 is 1.95 bits per heavy atom. The number of hydrogen-bond donors (Lipinski definition) is 2. The molecule has 3 nitrogen and oxygen atoms in total.